The van der Waals surface area contributed by atoms with Crippen LogP contribution in [0.3, 0.4) is 0 Å². The van der Waals surface area contributed by atoms with E-state index in [2.05, 4.69) is 118 Å². The molecule has 2 N–H and O–H groups in total. The molecule has 0 radical (unpaired) electrons. The first-order chi connectivity index (χ1) is 23.6. The molecule has 6 nitrogen and oxygen atoms in total. The van der Waals surface area contributed by atoms with Crippen LogP contribution in [0.5, 0.6) is 0 Å². The molecule has 4 rings (SSSR count). The van der Waals surface area contributed by atoms with Crippen LogP contribution in [-0.2, 0) is 14.0 Å². The molecule has 4 aromatic rings. The fourth-order valence-electron chi connectivity index (χ4n) is 6.34. The van der Waals surface area contributed by atoms with Gasteiger partial charge in [-0.15, -0.1) is 0 Å². The van der Waals surface area contributed by atoms with E-state index in [1.54, 1.807) is 0 Å². The predicted octanol–water partition coefficient (Wildman–Crippen LogP) is 7.12. The summed E-state index contributed by atoms with van der Waals surface area (Å²) in [5, 5.41) is 10.7. The standard InChI is InChI=1S/C42H55N2O4PSi/c1-31(2)37(30-49(33-22-14-10-15-23-33)34-24-16-11-17-25-34)43-39(45)38(44-40(46)47-41(4,5)6)32(3)48-50(42(7,8)9,35-26-18-12-19-27-35)36-28-20-13-21-29-36/h10-29,31-32,37-38H,30H2,1-9H3,(H,43,45)(H,44,46)/t32?,37-,38?/m1/s1. The van der Waals surface area contributed by atoms with Crippen molar-refractivity contribution in [3.05, 3.63) is 121 Å². The van der Waals surface area contributed by atoms with Crippen LogP contribution < -0.4 is 31.6 Å². The van der Waals surface area contributed by atoms with Crippen LogP contribution in [0, 0.1) is 5.92 Å². The van der Waals surface area contributed by atoms with Crippen LogP contribution in [-0.4, -0.2) is 50.3 Å². The van der Waals surface area contributed by atoms with Crippen LogP contribution in [0.15, 0.2) is 121 Å². The second kappa shape index (κ2) is 17.0. The molecule has 0 saturated carbocycles. The smallest absolute Gasteiger partial charge is 0.408 e. The number of nitrogens with one attached hydrogen (secondary N) is 2. The van der Waals surface area contributed by atoms with E-state index in [9.17, 15) is 9.59 Å². The summed E-state index contributed by atoms with van der Waals surface area (Å²) < 4.78 is 13.1. The molecule has 0 heterocycles. The van der Waals surface area contributed by atoms with Crippen molar-refractivity contribution in [2.45, 2.75) is 91.1 Å². The SMILES string of the molecule is CC(O[Si](c1ccccc1)(c1ccccc1)C(C)(C)C)C(NC(=O)OC(C)(C)C)C(=O)N[C@H](CP(c1ccccc1)c1ccccc1)C(C)C. The largest absolute Gasteiger partial charge is 0.444 e. The molecule has 0 bridgehead atoms. The highest BCUT2D eigenvalue weighted by Gasteiger charge is 2.52. The van der Waals surface area contributed by atoms with E-state index in [-0.39, 0.29) is 22.9 Å². The molecule has 2 amide bonds. The zero-order chi connectivity index (χ0) is 36.5. The lowest BCUT2D eigenvalue weighted by Crippen LogP contribution is -2.69. The zero-order valence-corrected chi connectivity index (χ0v) is 33.0. The van der Waals surface area contributed by atoms with E-state index in [0.717, 1.165) is 16.5 Å². The van der Waals surface area contributed by atoms with Gasteiger partial charge in [-0.3, -0.25) is 4.79 Å². The normalized spacial score (nSPS) is 14.1. The Bertz CT molecular complexity index is 1560. The molecule has 4 aromatic carbocycles. The zero-order valence-electron chi connectivity index (χ0n) is 31.1. The van der Waals surface area contributed by atoms with Gasteiger partial charge < -0.3 is 19.8 Å². The summed E-state index contributed by atoms with van der Waals surface area (Å²) in [5.74, 6) is -0.164. The van der Waals surface area contributed by atoms with Gasteiger partial charge in [0.2, 0.25) is 5.91 Å². The van der Waals surface area contributed by atoms with Gasteiger partial charge in [0.25, 0.3) is 8.32 Å². The Morgan fingerprint density at radius 1 is 0.660 bits per heavy atom. The maximum absolute atomic E-state index is 14.6. The number of carbonyl (C=O) groups excluding carboxylic acids is 2. The van der Waals surface area contributed by atoms with E-state index < -0.39 is 40.1 Å². The van der Waals surface area contributed by atoms with Crippen LogP contribution >= 0.6 is 7.92 Å². The molecule has 0 fully saturated rings. The fourth-order valence-corrected chi connectivity index (χ4v) is 13.7. The number of hydrogen-bond acceptors (Lipinski definition) is 4. The Hall–Kier alpha value is -3.77. The fraction of sp³-hybridized carbons (Fsp3) is 0.381. The molecular weight excluding hydrogens is 656 g/mol. The van der Waals surface area contributed by atoms with Crippen molar-refractivity contribution in [3.63, 3.8) is 0 Å². The quantitative estimate of drug-likeness (QED) is 0.115. The third-order valence-electron chi connectivity index (χ3n) is 8.85. The van der Waals surface area contributed by atoms with Gasteiger partial charge in [0.05, 0.1) is 6.10 Å². The Morgan fingerprint density at radius 3 is 1.46 bits per heavy atom. The topological polar surface area (TPSA) is 76.7 Å². The number of hydrogen-bond donors (Lipinski definition) is 2. The highest BCUT2D eigenvalue weighted by molar-refractivity contribution is 7.73. The maximum Gasteiger partial charge on any atom is 0.408 e. The molecule has 0 spiro atoms. The lowest BCUT2D eigenvalue weighted by Gasteiger charge is -2.45. The van der Waals surface area contributed by atoms with Crippen molar-refractivity contribution < 1.29 is 18.8 Å². The Labute approximate surface area is 302 Å². The maximum atomic E-state index is 14.6. The molecule has 0 aromatic heterocycles. The van der Waals surface area contributed by atoms with Crippen LogP contribution in [0.1, 0.15) is 62.3 Å². The highest BCUT2D eigenvalue weighted by atomic mass is 31.1. The number of benzene rings is 4. The summed E-state index contributed by atoms with van der Waals surface area (Å²) in [6, 6.07) is 40.5. The van der Waals surface area contributed by atoms with Crippen molar-refractivity contribution in [1.82, 2.24) is 10.6 Å². The minimum absolute atomic E-state index is 0.131. The molecule has 2 unspecified atom stereocenters. The molecule has 266 valence electrons. The number of rotatable bonds is 13. The molecular formula is C42H55N2O4PSi. The van der Waals surface area contributed by atoms with Crippen molar-refractivity contribution in [2.75, 3.05) is 6.16 Å². The van der Waals surface area contributed by atoms with Gasteiger partial charge in [-0.2, -0.15) is 0 Å². The highest BCUT2D eigenvalue weighted by Crippen LogP contribution is 2.38. The molecule has 50 heavy (non-hydrogen) atoms. The first-order valence-electron chi connectivity index (χ1n) is 17.6. The lowest BCUT2D eigenvalue weighted by atomic mass is 10.0. The van der Waals surface area contributed by atoms with Crippen molar-refractivity contribution in [2.24, 2.45) is 5.92 Å². The molecule has 3 atom stereocenters. The van der Waals surface area contributed by atoms with Crippen LogP contribution in [0.2, 0.25) is 5.04 Å². The van der Waals surface area contributed by atoms with Gasteiger partial charge in [-0.25, -0.2) is 4.79 Å². The van der Waals surface area contributed by atoms with E-state index in [1.807, 2.05) is 76.2 Å². The molecule has 0 aliphatic heterocycles. The minimum Gasteiger partial charge on any atom is -0.444 e. The second-order valence-corrected chi connectivity index (χ2v) is 21.8. The second-order valence-electron chi connectivity index (χ2n) is 15.3. The first-order valence-corrected chi connectivity index (χ1v) is 21.0. The van der Waals surface area contributed by atoms with Gasteiger partial charge in [0.1, 0.15) is 11.6 Å². The van der Waals surface area contributed by atoms with Gasteiger partial charge in [0.15, 0.2) is 0 Å². The van der Waals surface area contributed by atoms with Crippen molar-refractivity contribution >= 4 is 49.2 Å². The van der Waals surface area contributed by atoms with E-state index >= 15 is 0 Å². The first kappa shape index (κ1) is 39.0. The Kier molecular flexibility index (Phi) is 13.2. The predicted molar refractivity (Wildman–Crippen MR) is 212 cm³/mol. The number of ether oxygens (including phenoxy) is 1. The van der Waals surface area contributed by atoms with Crippen LogP contribution in [0.25, 0.3) is 0 Å². The Morgan fingerprint density at radius 2 is 1.08 bits per heavy atom. The lowest BCUT2D eigenvalue weighted by molar-refractivity contribution is -0.126. The third-order valence-corrected chi connectivity index (χ3v) is 16.6. The minimum atomic E-state index is -3.06. The van der Waals surface area contributed by atoms with Crippen LogP contribution in [0.4, 0.5) is 4.79 Å². The molecule has 0 aliphatic rings. The average Bonchev–Trinajstić information content (AvgIpc) is 3.07. The number of alkyl carbamates (subject to hydrolysis) is 1. The van der Waals surface area contributed by atoms with Gasteiger partial charge in [0, 0.05) is 6.04 Å². The Balaban J connectivity index is 1.74. The third kappa shape index (κ3) is 9.93. The number of amides is 2. The van der Waals surface area contributed by atoms with Gasteiger partial charge in [-0.1, -0.05) is 156 Å². The van der Waals surface area contributed by atoms with Gasteiger partial charge in [-0.05, 0) is 73.7 Å². The summed E-state index contributed by atoms with van der Waals surface area (Å²) in [4.78, 5) is 28.0. The average molecular weight is 711 g/mol. The van der Waals surface area contributed by atoms with Gasteiger partial charge >= 0.3 is 6.09 Å². The van der Waals surface area contributed by atoms with E-state index in [1.165, 1.54) is 10.6 Å². The molecule has 0 saturated heterocycles. The summed E-state index contributed by atoms with van der Waals surface area (Å²) >= 11 is 0. The van der Waals surface area contributed by atoms with E-state index in [0.29, 0.717) is 0 Å². The summed E-state index contributed by atoms with van der Waals surface area (Å²) in [5.41, 5.74) is -0.741. The summed E-state index contributed by atoms with van der Waals surface area (Å²) in [6.07, 6.45) is -0.616. The van der Waals surface area contributed by atoms with Crippen molar-refractivity contribution in [3.8, 4) is 0 Å². The summed E-state index contributed by atoms with van der Waals surface area (Å²) in [6.45, 7) is 18.2. The molecule has 0 aliphatic carbocycles. The van der Waals surface area contributed by atoms with E-state index in [4.69, 9.17) is 9.16 Å². The van der Waals surface area contributed by atoms with Crippen molar-refractivity contribution in [1.29, 1.82) is 0 Å². The summed E-state index contributed by atoms with van der Waals surface area (Å²) in [7, 11) is -3.84. The molecule has 8 heteroatoms. The monoisotopic (exact) mass is 710 g/mol. The number of carbonyl (C=O) groups is 2.